The van der Waals surface area contributed by atoms with Crippen LogP contribution in [0.4, 0.5) is 0 Å². The summed E-state index contributed by atoms with van der Waals surface area (Å²) in [5.74, 6) is -0.493. The second-order valence-corrected chi connectivity index (χ2v) is 21.2. The van der Waals surface area contributed by atoms with Crippen LogP contribution in [0.25, 0.3) is 0 Å². The second-order valence-electron chi connectivity index (χ2n) is 19.8. The lowest BCUT2D eigenvalue weighted by molar-refractivity contribution is -0.870. The summed E-state index contributed by atoms with van der Waals surface area (Å²) in [6, 6.07) is -0.836. The van der Waals surface area contributed by atoms with Crippen LogP contribution in [0.2, 0.25) is 0 Å². The first kappa shape index (κ1) is 61.8. The lowest BCUT2D eigenvalue weighted by Crippen LogP contribution is -2.47. The van der Waals surface area contributed by atoms with Gasteiger partial charge < -0.3 is 19.4 Å². The standard InChI is InChI=1S/C53H105N2O7P/c1-7-10-13-16-19-22-25-27-28-31-34-37-40-43-46-53(57)62-51(44-41-38-35-32-30-26-23-20-17-14-11-8-2)50(49-61-63(58,59)60-48-47-55(4,5)6)54-52(56)45-42-39-36-33-29-24-21-18-15-12-9-3/h41,44,50-51H,7-40,42-43,45-49H2,1-6H3,(H-,54,56,58,59)/p+1/b44-41+. The monoisotopic (exact) mass is 914 g/mol. The Morgan fingerprint density at radius 1 is 0.540 bits per heavy atom. The third-order valence-electron chi connectivity index (χ3n) is 12.2. The van der Waals surface area contributed by atoms with E-state index in [1.54, 1.807) is 0 Å². The van der Waals surface area contributed by atoms with Gasteiger partial charge >= 0.3 is 13.8 Å². The van der Waals surface area contributed by atoms with Gasteiger partial charge in [-0.05, 0) is 31.8 Å². The number of phosphoric acid groups is 1. The molecule has 0 aliphatic heterocycles. The van der Waals surface area contributed by atoms with E-state index in [1.807, 2.05) is 33.3 Å². The van der Waals surface area contributed by atoms with Gasteiger partial charge in [0, 0.05) is 12.8 Å². The minimum atomic E-state index is -4.43. The van der Waals surface area contributed by atoms with E-state index in [0.717, 1.165) is 57.8 Å². The van der Waals surface area contributed by atoms with Crippen LogP contribution < -0.4 is 5.32 Å². The average molecular weight is 914 g/mol. The number of rotatable bonds is 49. The molecule has 9 nitrogen and oxygen atoms in total. The molecule has 1 amide bonds. The average Bonchev–Trinajstić information content (AvgIpc) is 3.23. The number of carbonyl (C=O) groups excluding carboxylic acids is 2. The third kappa shape index (κ3) is 45.7. The first-order valence-electron chi connectivity index (χ1n) is 27.0. The maximum atomic E-state index is 13.4. The molecule has 0 rings (SSSR count). The highest BCUT2D eigenvalue weighted by molar-refractivity contribution is 7.47. The number of esters is 1. The number of nitrogens with zero attached hydrogens (tertiary/aromatic N) is 1. The number of amides is 1. The molecule has 3 atom stereocenters. The maximum Gasteiger partial charge on any atom is 0.472 e. The van der Waals surface area contributed by atoms with E-state index in [4.69, 9.17) is 13.8 Å². The van der Waals surface area contributed by atoms with E-state index in [1.165, 1.54) is 173 Å². The summed E-state index contributed by atoms with van der Waals surface area (Å²) in [7, 11) is 1.51. The van der Waals surface area contributed by atoms with Gasteiger partial charge in [0.25, 0.3) is 0 Å². The first-order valence-corrected chi connectivity index (χ1v) is 28.5. The van der Waals surface area contributed by atoms with Gasteiger partial charge in [0.2, 0.25) is 5.91 Å². The highest BCUT2D eigenvalue weighted by atomic mass is 31.2. The van der Waals surface area contributed by atoms with Crippen LogP contribution in [0.1, 0.15) is 265 Å². The van der Waals surface area contributed by atoms with E-state index >= 15 is 0 Å². The summed E-state index contributed by atoms with van der Waals surface area (Å²) in [5, 5.41) is 3.04. The van der Waals surface area contributed by atoms with Crippen LogP contribution in [0.3, 0.4) is 0 Å². The number of carbonyl (C=O) groups is 2. The minimum Gasteiger partial charge on any atom is -0.456 e. The van der Waals surface area contributed by atoms with Crippen LogP contribution in [0.5, 0.6) is 0 Å². The molecule has 2 N–H and O–H groups in total. The SMILES string of the molecule is CCCCCCCCCCCC/C=C/C(OC(=O)CCCCCCCCCCCCCCCC)C(COP(=O)(O)OCC[N+](C)(C)C)NC(=O)CCCCCCCCCCCCC. The van der Waals surface area contributed by atoms with Crippen LogP contribution in [0, 0.1) is 0 Å². The van der Waals surface area contributed by atoms with Gasteiger partial charge in [-0.1, -0.05) is 232 Å². The summed E-state index contributed by atoms with van der Waals surface area (Å²) in [4.78, 5) is 37.4. The van der Waals surface area contributed by atoms with Gasteiger partial charge in [-0.15, -0.1) is 0 Å². The number of unbranched alkanes of at least 4 members (excludes halogenated alkanes) is 33. The summed E-state index contributed by atoms with van der Waals surface area (Å²) in [6.45, 7) is 7.02. The lowest BCUT2D eigenvalue weighted by atomic mass is 10.0. The van der Waals surface area contributed by atoms with Crippen LogP contribution in [0.15, 0.2) is 12.2 Å². The summed E-state index contributed by atoms with van der Waals surface area (Å²) < 4.78 is 30.5. The maximum absolute atomic E-state index is 13.4. The molecule has 63 heavy (non-hydrogen) atoms. The van der Waals surface area contributed by atoms with Crippen molar-refractivity contribution < 1.29 is 37.3 Å². The first-order chi connectivity index (χ1) is 30.4. The van der Waals surface area contributed by atoms with Gasteiger partial charge in [-0.2, -0.15) is 0 Å². The highest BCUT2D eigenvalue weighted by Gasteiger charge is 2.30. The van der Waals surface area contributed by atoms with Gasteiger partial charge in [-0.25, -0.2) is 4.57 Å². The van der Waals surface area contributed by atoms with Crippen molar-refractivity contribution in [2.75, 3.05) is 40.9 Å². The van der Waals surface area contributed by atoms with Crippen molar-refractivity contribution >= 4 is 19.7 Å². The Balaban J connectivity index is 5.37. The zero-order valence-corrected chi connectivity index (χ0v) is 43.5. The molecule has 0 bridgehead atoms. The summed E-state index contributed by atoms with van der Waals surface area (Å²) in [6.07, 6.45) is 47.7. The molecule has 0 fully saturated rings. The Morgan fingerprint density at radius 2 is 0.905 bits per heavy atom. The highest BCUT2D eigenvalue weighted by Crippen LogP contribution is 2.43. The molecule has 0 heterocycles. The van der Waals surface area contributed by atoms with Crippen LogP contribution in [-0.2, 0) is 27.9 Å². The predicted octanol–water partition coefficient (Wildman–Crippen LogP) is 15.7. The van der Waals surface area contributed by atoms with Gasteiger partial charge in [0.1, 0.15) is 19.3 Å². The van der Waals surface area contributed by atoms with Crippen molar-refractivity contribution in [2.24, 2.45) is 0 Å². The lowest BCUT2D eigenvalue weighted by Gasteiger charge is -2.27. The van der Waals surface area contributed by atoms with E-state index in [2.05, 4.69) is 26.1 Å². The number of quaternary nitrogens is 1. The minimum absolute atomic E-state index is 0.0452. The van der Waals surface area contributed by atoms with Gasteiger partial charge in [0.15, 0.2) is 0 Å². The second kappa shape index (κ2) is 44.6. The molecule has 0 aromatic rings. The summed E-state index contributed by atoms with van der Waals surface area (Å²) in [5.41, 5.74) is 0. The fraction of sp³-hybridized carbons (Fsp3) is 0.925. The predicted molar refractivity (Wildman–Crippen MR) is 268 cm³/mol. The number of allylic oxidation sites excluding steroid dienone is 1. The smallest absolute Gasteiger partial charge is 0.456 e. The summed E-state index contributed by atoms with van der Waals surface area (Å²) >= 11 is 0. The molecule has 0 radical (unpaired) electrons. The topological polar surface area (TPSA) is 111 Å². The van der Waals surface area contributed by atoms with Crippen molar-refractivity contribution in [3.05, 3.63) is 12.2 Å². The number of phosphoric ester groups is 1. The zero-order valence-electron chi connectivity index (χ0n) is 42.6. The largest absolute Gasteiger partial charge is 0.472 e. The molecular formula is C53H106N2O7P+. The number of hydrogen-bond acceptors (Lipinski definition) is 6. The Morgan fingerprint density at radius 3 is 1.30 bits per heavy atom. The van der Waals surface area contributed by atoms with Crippen molar-refractivity contribution in [3.8, 4) is 0 Å². The number of hydrogen-bond donors (Lipinski definition) is 2. The molecule has 0 saturated carbocycles. The number of nitrogens with one attached hydrogen (secondary N) is 1. The van der Waals surface area contributed by atoms with E-state index in [9.17, 15) is 19.0 Å². The molecule has 0 aliphatic carbocycles. The van der Waals surface area contributed by atoms with Crippen molar-refractivity contribution in [1.82, 2.24) is 5.32 Å². The van der Waals surface area contributed by atoms with Crippen molar-refractivity contribution in [2.45, 2.75) is 277 Å². The molecule has 0 aromatic heterocycles. The zero-order chi connectivity index (χ0) is 46.5. The van der Waals surface area contributed by atoms with Crippen molar-refractivity contribution in [3.63, 3.8) is 0 Å². The number of ether oxygens (including phenoxy) is 1. The molecule has 374 valence electrons. The van der Waals surface area contributed by atoms with E-state index in [0.29, 0.717) is 23.9 Å². The van der Waals surface area contributed by atoms with Crippen LogP contribution in [-0.4, -0.2) is 74.3 Å². The Labute approximate surface area is 391 Å². The Kier molecular flexibility index (Phi) is 43.7. The van der Waals surface area contributed by atoms with Crippen LogP contribution >= 0.6 is 7.82 Å². The Bertz CT molecular complexity index is 1100. The third-order valence-corrected chi connectivity index (χ3v) is 13.2. The molecule has 10 heteroatoms. The normalized spacial score (nSPS) is 14.0. The van der Waals surface area contributed by atoms with Gasteiger partial charge in [-0.3, -0.25) is 18.6 Å². The molecule has 0 aliphatic rings. The quantitative estimate of drug-likeness (QED) is 0.0206. The van der Waals surface area contributed by atoms with Crippen molar-refractivity contribution in [1.29, 1.82) is 0 Å². The fourth-order valence-electron chi connectivity index (χ4n) is 8.00. The van der Waals surface area contributed by atoms with E-state index < -0.39 is 20.0 Å². The fourth-order valence-corrected chi connectivity index (χ4v) is 8.74. The molecule has 3 unspecified atom stereocenters. The number of likely N-dealkylation sites (N-methyl/N-ethyl adjacent to an activating group) is 1. The molecule has 0 saturated heterocycles. The Hall–Kier alpha value is -1.25. The molecule has 0 aromatic carbocycles. The molecule has 0 spiro atoms. The van der Waals surface area contributed by atoms with Gasteiger partial charge in [0.05, 0.1) is 33.8 Å². The van der Waals surface area contributed by atoms with E-state index in [-0.39, 0.29) is 25.1 Å². The molecular weight excluding hydrogens is 808 g/mol.